The highest BCUT2D eigenvalue weighted by atomic mass is 35.5. The summed E-state index contributed by atoms with van der Waals surface area (Å²) in [6, 6.07) is 3.41. The molecule has 0 fully saturated rings. The Kier molecular flexibility index (Phi) is 3.62. The minimum absolute atomic E-state index is 0.133. The van der Waals surface area contributed by atoms with Gasteiger partial charge in [-0.3, -0.25) is 0 Å². The van der Waals surface area contributed by atoms with Gasteiger partial charge in [-0.15, -0.1) is 0 Å². The molecular formula is C10H3Cl5O. The van der Waals surface area contributed by atoms with Crippen LogP contribution in [0.15, 0.2) is 22.8 Å². The summed E-state index contributed by atoms with van der Waals surface area (Å²) in [6.07, 6.45) is 1.50. The average Bonchev–Trinajstić information content (AvgIpc) is 2.77. The molecule has 0 saturated heterocycles. The molecule has 0 spiro atoms. The van der Waals surface area contributed by atoms with E-state index in [0.29, 0.717) is 11.3 Å². The van der Waals surface area contributed by atoms with Crippen LogP contribution in [0.5, 0.6) is 0 Å². The smallest absolute Gasteiger partial charge is 0.136 e. The van der Waals surface area contributed by atoms with Crippen LogP contribution in [0.4, 0.5) is 0 Å². The van der Waals surface area contributed by atoms with E-state index in [9.17, 15) is 0 Å². The van der Waals surface area contributed by atoms with Gasteiger partial charge in [0.05, 0.1) is 36.9 Å². The van der Waals surface area contributed by atoms with E-state index in [1.807, 2.05) is 0 Å². The van der Waals surface area contributed by atoms with E-state index >= 15 is 0 Å². The average molecular weight is 316 g/mol. The molecule has 1 aromatic carbocycles. The van der Waals surface area contributed by atoms with E-state index in [0.717, 1.165) is 0 Å². The number of furan rings is 1. The Morgan fingerprint density at radius 2 is 1.25 bits per heavy atom. The van der Waals surface area contributed by atoms with Crippen LogP contribution >= 0.6 is 58.0 Å². The molecule has 0 aliphatic rings. The van der Waals surface area contributed by atoms with Crippen molar-refractivity contribution in [2.75, 3.05) is 0 Å². The van der Waals surface area contributed by atoms with E-state index < -0.39 is 0 Å². The summed E-state index contributed by atoms with van der Waals surface area (Å²) in [7, 11) is 0. The first-order valence-electron chi connectivity index (χ1n) is 4.09. The lowest BCUT2D eigenvalue weighted by Crippen LogP contribution is -1.84. The predicted octanol–water partition coefficient (Wildman–Crippen LogP) is 6.21. The molecule has 84 valence electrons. The maximum absolute atomic E-state index is 6.05. The van der Waals surface area contributed by atoms with Crippen LogP contribution < -0.4 is 0 Å². The first-order chi connectivity index (χ1) is 7.54. The van der Waals surface area contributed by atoms with Crippen molar-refractivity contribution in [3.8, 4) is 11.3 Å². The van der Waals surface area contributed by atoms with Crippen LogP contribution in [0.1, 0.15) is 0 Å². The molecule has 2 rings (SSSR count). The van der Waals surface area contributed by atoms with Crippen molar-refractivity contribution in [2.45, 2.75) is 0 Å². The Morgan fingerprint density at radius 3 is 1.69 bits per heavy atom. The van der Waals surface area contributed by atoms with Crippen LogP contribution in [0, 0.1) is 0 Å². The highest BCUT2D eigenvalue weighted by molar-refractivity contribution is 6.56. The number of benzene rings is 1. The highest BCUT2D eigenvalue weighted by Crippen LogP contribution is 2.48. The molecule has 2 aromatic rings. The molecule has 1 heterocycles. The molecule has 0 saturated carbocycles. The van der Waals surface area contributed by atoms with Crippen LogP contribution in [-0.4, -0.2) is 0 Å². The third-order valence-electron chi connectivity index (χ3n) is 1.98. The van der Waals surface area contributed by atoms with Crippen molar-refractivity contribution >= 4 is 58.0 Å². The van der Waals surface area contributed by atoms with Crippen LogP contribution in [-0.2, 0) is 0 Å². The quantitative estimate of drug-likeness (QED) is 0.450. The van der Waals surface area contributed by atoms with Gasteiger partial charge >= 0.3 is 0 Å². The van der Waals surface area contributed by atoms with Crippen molar-refractivity contribution in [2.24, 2.45) is 0 Å². The lowest BCUT2D eigenvalue weighted by atomic mass is 10.1. The standard InChI is InChI=1S/C10H3Cl5O/c11-6-5(4-2-1-3-16-4)7(12)9(14)10(15)8(6)13/h1-3H. The van der Waals surface area contributed by atoms with E-state index in [1.165, 1.54) is 6.26 Å². The van der Waals surface area contributed by atoms with E-state index in [1.54, 1.807) is 12.1 Å². The number of hydrogen-bond acceptors (Lipinski definition) is 1. The molecule has 0 aliphatic heterocycles. The fourth-order valence-corrected chi connectivity index (χ4v) is 2.57. The maximum Gasteiger partial charge on any atom is 0.136 e. The molecule has 16 heavy (non-hydrogen) atoms. The molecule has 6 heteroatoms. The fourth-order valence-electron chi connectivity index (χ4n) is 1.24. The van der Waals surface area contributed by atoms with Gasteiger partial charge in [0, 0.05) is 0 Å². The highest BCUT2D eigenvalue weighted by Gasteiger charge is 2.21. The summed E-state index contributed by atoms with van der Waals surface area (Å²) in [5.41, 5.74) is 0.438. The van der Waals surface area contributed by atoms with Gasteiger partial charge in [-0.25, -0.2) is 0 Å². The predicted molar refractivity (Wildman–Crippen MR) is 69.2 cm³/mol. The lowest BCUT2D eigenvalue weighted by molar-refractivity contribution is 0.582. The molecule has 0 atom stereocenters. The Morgan fingerprint density at radius 1 is 0.750 bits per heavy atom. The second kappa shape index (κ2) is 4.67. The second-order valence-electron chi connectivity index (χ2n) is 2.92. The molecule has 0 N–H and O–H groups in total. The largest absolute Gasteiger partial charge is 0.464 e. The Hall–Kier alpha value is -0.0500. The summed E-state index contributed by atoms with van der Waals surface area (Å²) in [6.45, 7) is 0. The SMILES string of the molecule is Clc1c(Cl)c(Cl)c(-c2ccco2)c(Cl)c1Cl. The minimum Gasteiger partial charge on any atom is -0.464 e. The third-order valence-corrected chi connectivity index (χ3v) is 4.25. The van der Waals surface area contributed by atoms with Crippen molar-refractivity contribution in [3.05, 3.63) is 43.5 Å². The van der Waals surface area contributed by atoms with Crippen LogP contribution in [0.25, 0.3) is 11.3 Å². The van der Waals surface area contributed by atoms with E-state index in [-0.39, 0.29) is 25.1 Å². The Bertz CT molecular complexity index is 504. The van der Waals surface area contributed by atoms with Gasteiger partial charge in [-0.1, -0.05) is 58.0 Å². The zero-order chi connectivity index (χ0) is 11.9. The Labute approximate surface area is 117 Å². The zero-order valence-corrected chi connectivity index (χ0v) is 11.3. The van der Waals surface area contributed by atoms with Crippen LogP contribution in [0.2, 0.25) is 25.1 Å². The van der Waals surface area contributed by atoms with Gasteiger partial charge in [0.15, 0.2) is 0 Å². The molecule has 0 bridgehead atoms. The van der Waals surface area contributed by atoms with E-state index in [4.69, 9.17) is 62.4 Å². The van der Waals surface area contributed by atoms with Gasteiger partial charge in [0.25, 0.3) is 0 Å². The van der Waals surface area contributed by atoms with Gasteiger partial charge in [-0.2, -0.15) is 0 Å². The maximum atomic E-state index is 6.05. The number of hydrogen-bond donors (Lipinski definition) is 0. The van der Waals surface area contributed by atoms with Crippen molar-refractivity contribution in [1.29, 1.82) is 0 Å². The summed E-state index contributed by atoms with van der Waals surface area (Å²) in [5.74, 6) is 0.482. The van der Waals surface area contributed by atoms with E-state index in [2.05, 4.69) is 0 Å². The molecule has 0 amide bonds. The summed E-state index contributed by atoms with van der Waals surface area (Å²) >= 11 is 29.8. The van der Waals surface area contributed by atoms with Crippen molar-refractivity contribution in [3.63, 3.8) is 0 Å². The first kappa shape index (κ1) is 12.4. The van der Waals surface area contributed by atoms with Crippen molar-refractivity contribution in [1.82, 2.24) is 0 Å². The Balaban J connectivity index is 2.81. The first-order valence-corrected chi connectivity index (χ1v) is 5.98. The lowest BCUT2D eigenvalue weighted by Gasteiger charge is -2.10. The molecule has 0 aliphatic carbocycles. The van der Waals surface area contributed by atoms with Gasteiger partial charge in [-0.05, 0) is 12.1 Å². The second-order valence-corrected chi connectivity index (χ2v) is 4.81. The van der Waals surface area contributed by atoms with Crippen LogP contribution in [0.3, 0.4) is 0 Å². The number of rotatable bonds is 1. The van der Waals surface area contributed by atoms with Gasteiger partial charge < -0.3 is 4.42 Å². The topological polar surface area (TPSA) is 13.1 Å². The molecular weight excluding hydrogens is 313 g/mol. The molecule has 0 unspecified atom stereocenters. The molecule has 0 radical (unpaired) electrons. The normalized spacial score (nSPS) is 10.8. The fraction of sp³-hybridized carbons (Fsp3) is 0. The third kappa shape index (κ3) is 1.92. The molecule has 1 aromatic heterocycles. The van der Waals surface area contributed by atoms with Gasteiger partial charge in [0.1, 0.15) is 5.76 Å². The summed E-state index contributed by atoms with van der Waals surface area (Å²) < 4.78 is 5.20. The summed E-state index contributed by atoms with van der Waals surface area (Å²) in [5, 5.41) is 0.883. The summed E-state index contributed by atoms with van der Waals surface area (Å²) in [4.78, 5) is 0. The minimum atomic E-state index is 0.133. The van der Waals surface area contributed by atoms with Gasteiger partial charge in [0.2, 0.25) is 0 Å². The monoisotopic (exact) mass is 314 g/mol. The molecule has 1 nitrogen and oxygen atoms in total. The number of halogens is 5. The van der Waals surface area contributed by atoms with Crippen molar-refractivity contribution < 1.29 is 4.42 Å². The zero-order valence-electron chi connectivity index (χ0n) is 7.53.